The van der Waals surface area contributed by atoms with Crippen molar-refractivity contribution in [2.24, 2.45) is 11.7 Å². The lowest BCUT2D eigenvalue weighted by molar-refractivity contribution is 0.0813. The Bertz CT molecular complexity index is 361. The minimum atomic E-state index is 0.150. The normalized spacial score (nSPS) is 27.2. The van der Waals surface area contributed by atoms with Crippen LogP contribution in [-0.4, -0.2) is 12.7 Å². The Morgan fingerprint density at radius 3 is 2.88 bits per heavy atom. The van der Waals surface area contributed by atoms with Gasteiger partial charge in [0.25, 0.3) is 0 Å². The number of aryl methyl sites for hydroxylation is 2. The van der Waals surface area contributed by atoms with E-state index in [9.17, 15) is 0 Å². The molecule has 0 aromatic carbocycles. The highest BCUT2D eigenvalue weighted by molar-refractivity contribution is 7.12. The molecule has 0 radical (unpaired) electrons. The van der Waals surface area contributed by atoms with Crippen LogP contribution in [0.1, 0.15) is 41.1 Å². The SMILES string of the molecule is CCC1OCCC1C(N)c1cc(C)sc1C. The molecule has 1 aliphatic rings. The molecule has 2 N–H and O–H groups in total. The van der Waals surface area contributed by atoms with Crippen molar-refractivity contribution >= 4 is 11.3 Å². The van der Waals surface area contributed by atoms with Gasteiger partial charge in [-0.25, -0.2) is 0 Å². The lowest BCUT2D eigenvalue weighted by Gasteiger charge is -2.23. The van der Waals surface area contributed by atoms with Crippen molar-refractivity contribution in [3.05, 3.63) is 21.4 Å². The molecule has 0 saturated carbocycles. The van der Waals surface area contributed by atoms with Gasteiger partial charge in [-0.3, -0.25) is 0 Å². The van der Waals surface area contributed by atoms with Gasteiger partial charge < -0.3 is 10.5 Å². The predicted octanol–water partition coefficient (Wildman–Crippen LogP) is 3.18. The third kappa shape index (κ3) is 2.17. The highest BCUT2D eigenvalue weighted by atomic mass is 32.1. The van der Waals surface area contributed by atoms with Gasteiger partial charge >= 0.3 is 0 Å². The number of thiophene rings is 1. The first-order chi connectivity index (χ1) is 7.63. The lowest BCUT2D eigenvalue weighted by atomic mass is 9.87. The summed E-state index contributed by atoms with van der Waals surface area (Å²) in [5.41, 5.74) is 7.74. The van der Waals surface area contributed by atoms with Crippen LogP contribution in [0.15, 0.2) is 6.07 Å². The van der Waals surface area contributed by atoms with Crippen molar-refractivity contribution in [2.75, 3.05) is 6.61 Å². The zero-order valence-corrected chi connectivity index (χ0v) is 11.1. The van der Waals surface area contributed by atoms with Gasteiger partial charge in [-0.2, -0.15) is 0 Å². The van der Waals surface area contributed by atoms with E-state index >= 15 is 0 Å². The molecule has 2 nitrogen and oxygen atoms in total. The van der Waals surface area contributed by atoms with Crippen LogP contribution in [0, 0.1) is 19.8 Å². The summed E-state index contributed by atoms with van der Waals surface area (Å²) in [6.45, 7) is 7.38. The number of rotatable bonds is 3. The monoisotopic (exact) mass is 239 g/mol. The summed E-state index contributed by atoms with van der Waals surface area (Å²) in [7, 11) is 0. The maximum atomic E-state index is 6.41. The molecule has 0 amide bonds. The molecule has 1 aromatic rings. The van der Waals surface area contributed by atoms with Crippen molar-refractivity contribution in [2.45, 2.75) is 45.8 Å². The number of hydrogen-bond acceptors (Lipinski definition) is 3. The second kappa shape index (κ2) is 4.86. The van der Waals surface area contributed by atoms with Crippen LogP contribution < -0.4 is 5.73 Å². The minimum Gasteiger partial charge on any atom is -0.378 e. The average Bonchev–Trinajstić information content (AvgIpc) is 2.83. The van der Waals surface area contributed by atoms with E-state index in [0.717, 1.165) is 19.4 Å². The predicted molar refractivity (Wildman–Crippen MR) is 68.9 cm³/mol. The molecular formula is C13H21NOS. The second-order valence-corrected chi connectivity index (χ2v) is 6.12. The Morgan fingerprint density at radius 2 is 2.31 bits per heavy atom. The Hall–Kier alpha value is -0.380. The molecule has 0 spiro atoms. The van der Waals surface area contributed by atoms with Gasteiger partial charge in [0.2, 0.25) is 0 Å². The lowest BCUT2D eigenvalue weighted by Crippen LogP contribution is -2.28. The molecule has 1 aromatic heterocycles. The van der Waals surface area contributed by atoms with Crippen molar-refractivity contribution in [3.8, 4) is 0 Å². The second-order valence-electron chi connectivity index (χ2n) is 4.66. The first-order valence-corrected chi connectivity index (χ1v) is 6.89. The highest BCUT2D eigenvalue weighted by Gasteiger charge is 2.33. The first-order valence-electron chi connectivity index (χ1n) is 6.07. The maximum Gasteiger partial charge on any atom is 0.0619 e. The summed E-state index contributed by atoms with van der Waals surface area (Å²) < 4.78 is 5.73. The van der Waals surface area contributed by atoms with Gasteiger partial charge in [-0.1, -0.05) is 6.92 Å². The fourth-order valence-electron chi connectivity index (χ4n) is 2.71. The topological polar surface area (TPSA) is 35.2 Å². The fraction of sp³-hybridized carbons (Fsp3) is 0.692. The van der Waals surface area contributed by atoms with E-state index in [1.54, 1.807) is 0 Å². The van der Waals surface area contributed by atoms with Gasteiger partial charge in [-0.15, -0.1) is 11.3 Å². The van der Waals surface area contributed by atoms with Crippen LogP contribution >= 0.6 is 11.3 Å². The maximum absolute atomic E-state index is 6.41. The standard InChI is InChI=1S/C13H21NOS/c1-4-12-10(5-6-15-12)13(14)11-7-8(2)16-9(11)3/h7,10,12-13H,4-6,14H2,1-3H3. The molecule has 2 rings (SSSR count). The van der Waals surface area contributed by atoms with Crippen LogP contribution in [-0.2, 0) is 4.74 Å². The molecule has 90 valence electrons. The molecule has 0 bridgehead atoms. The molecule has 2 heterocycles. The fourth-order valence-corrected chi connectivity index (χ4v) is 3.69. The van der Waals surface area contributed by atoms with Crippen LogP contribution in [0.4, 0.5) is 0 Å². The smallest absolute Gasteiger partial charge is 0.0619 e. The van der Waals surface area contributed by atoms with Crippen LogP contribution in [0.3, 0.4) is 0 Å². The third-order valence-electron chi connectivity index (χ3n) is 3.56. The Balaban J connectivity index is 2.18. The summed E-state index contributed by atoms with van der Waals surface area (Å²) in [5, 5.41) is 0. The Kier molecular flexibility index (Phi) is 3.67. The summed E-state index contributed by atoms with van der Waals surface area (Å²) in [6.07, 6.45) is 2.53. The quantitative estimate of drug-likeness (QED) is 0.879. The molecule has 16 heavy (non-hydrogen) atoms. The van der Waals surface area contributed by atoms with Gasteiger partial charge in [0, 0.05) is 28.3 Å². The van der Waals surface area contributed by atoms with Gasteiger partial charge in [0.1, 0.15) is 0 Å². The van der Waals surface area contributed by atoms with Crippen molar-refractivity contribution in [1.29, 1.82) is 0 Å². The first kappa shape index (κ1) is 12.1. The third-order valence-corrected chi connectivity index (χ3v) is 4.54. The molecule has 3 unspecified atom stereocenters. The summed E-state index contributed by atoms with van der Waals surface area (Å²) >= 11 is 1.84. The van der Waals surface area contributed by atoms with Crippen LogP contribution in [0.25, 0.3) is 0 Å². The van der Waals surface area contributed by atoms with Crippen molar-refractivity contribution in [1.82, 2.24) is 0 Å². The number of ether oxygens (including phenoxy) is 1. The van der Waals surface area contributed by atoms with E-state index in [4.69, 9.17) is 10.5 Å². The molecule has 0 aliphatic carbocycles. The summed E-state index contributed by atoms with van der Waals surface area (Å²) in [5.74, 6) is 0.498. The molecule has 3 atom stereocenters. The van der Waals surface area contributed by atoms with Crippen LogP contribution in [0.2, 0.25) is 0 Å². The molecule has 3 heteroatoms. The van der Waals surface area contributed by atoms with Crippen molar-refractivity contribution in [3.63, 3.8) is 0 Å². The van der Waals surface area contributed by atoms with E-state index in [-0.39, 0.29) is 6.04 Å². The molecule has 1 fully saturated rings. The minimum absolute atomic E-state index is 0.150. The van der Waals surface area contributed by atoms with E-state index in [0.29, 0.717) is 12.0 Å². The largest absolute Gasteiger partial charge is 0.378 e. The molecule has 1 saturated heterocycles. The number of hydrogen-bond donors (Lipinski definition) is 1. The van der Waals surface area contributed by atoms with E-state index < -0.39 is 0 Å². The summed E-state index contributed by atoms with van der Waals surface area (Å²) in [6, 6.07) is 2.40. The van der Waals surface area contributed by atoms with E-state index in [2.05, 4.69) is 26.8 Å². The highest BCUT2D eigenvalue weighted by Crippen LogP contribution is 2.36. The zero-order valence-electron chi connectivity index (χ0n) is 10.3. The van der Waals surface area contributed by atoms with E-state index in [1.807, 2.05) is 11.3 Å². The number of nitrogens with two attached hydrogens (primary N) is 1. The van der Waals surface area contributed by atoms with Gasteiger partial charge in [-0.05, 0) is 38.3 Å². The Labute approximate surface area is 102 Å². The van der Waals surface area contributed by atoms with E-state index in [1.165, 1.54) is 15.3 Å². The Morgan fingerprint density at radius 1 is 1.56 bits per heavy atom. The summed E-state index contributed by atoms with van der Waals surface area (Å²) in [4.78, 5) is 2.72. The van der Waals surface area contributed by atoms with Gasteiger partial charge in [0.15, 0.2) is 0 Å². The van der Waals surface area contributed by atoms with Gasteiger partial charge in [0.05, 0.1) is 6.10 Å². The average molecular weight is 239 g/mol. The molecule has 1 aliphatic heterocycles. The van der Waals surface area contributed by atoms with Crippen molar-refractivity contribution < 1.29 is 4.74 Å². The zero-order chi connectivity index (χ0) is 11.7. The molecular weight excluding hydrogens is 218 g/mol. The van der Waals surface area contributed by atoms with Crippen LogP contribution in [0.5, 0.6) is 0 Å².